The quantitative estimate of drug-likeness (QED) is 0.337. The minimum absolute atomic E-state index is 0.0370. The summed E-state index contributed by atoms with van der Waals surface area (Å²) in [5.41, 5.74) is 3.09. The number of esters is 1. The number of fused-ring (bicyclic) bond motifs is 1. The zero-order valence-corrected chi connectivity index (χ0v) is 17.2. The van der Waals surface area contributed by atoms with Crippen LogP contribution in [0, 0.1) is 0 Å². The topological polar surface area (TPSA) is 167 Å². The Morgan fingerprint density at radius 1 is 1.59 bits per heavy atom. The maximum atomic E-state index is 12.2. The summed E-state index contributed by atoms with van der Waals surface area (Å²) >= 11 is 0. The van der Waals surface area contributed by atoms with Crippen LogP contribution >= 0.6 is 8.09 Å². The zero-order chi connectivity index (χ0) is 21.4. The Labute approximate surface area is 167 Å². The molecule has 2 saturated heterocycles. The van der Waals surface area contributed by atoms with Crippen LogP contribution in [0.2, 0.25) is 0 Å². The van der Waals surface area contributed by atoms with Gasteiger partial charge < -0.3 is 20.3 Å². The van der Waals surface area contributed by atoms with Gasteiger partial charge in [0.05, 0.1) is 6.61 Å². The molecule has 3 heterocycles. The average Bonchev–Trinajstić information content (AvgIpc) is 2.90. The van der Waals surface area contributed by atoms with Crippen molar-refractivity contribution in [3.63, 3.8) is 0 Å². The van der Waals surface area contributed by atoms with Gasteiger partial charge in [-0.25, -0.2) is 4.79 Å². The van der Waals surface area contributed by atoms with Crippen LogP contribution in [0.1, 0.15) is 33.4 Å². The maximum Gasteiger partial charge on any atom is 0.500 e. The fraction of sp³-hybridized carbons (Fsp3) is 0.688. The maximum absolute atomic E-state index is 12.2. The molecule has 2 aliphatic rings. The summed E-state index contributed by atoms with van der Waals surface area (Å²) in [6, 6.07) is 0.549. The lowest BCUT2D eigenvalue weighted by Gasteiger charge is -2.33. The number of nitrogen functional groups attached to an aromatic ring is 1. The highest BCUT2D eigenvalue weighted by Gasteiger charge is 2.65. The second-order valence-corrected chi connectivity index (χ2v) is 8.75. The minimum atomic E-state index is -3.72. The average molecular weight is 433 g/mol. The van der Waals surface area contributed by atoms with Gasteiger partial charge in [0.25, 0.3) is 0 Å². The first-order chi connectivity index (χ1) is 13.6. The predicted molar refractivity (Wildman–Crippen MR) is 101 cm³/mol. The summed E-state index contributed by atoms with van der Waals surface area (Å²) in [4.78, 5) is 38.6. The number of carbonyl (C=O) groups is 1. The number of anilines is 1. The van der Waals surface area contributed by atoms with Crippen molar-refractivity contribution in [2.24, 2.45) is 0 Å². The van der Waals surface area contributed by atoms with Gasteiger partial charge in [0, 0.05) is 6.20 Å². The van der Waals surface area contributed by atoms with Gasteiger partial charge in [0.2, 0.25) is 0 Å². The number of aromatic nitrogens is 2. The number of rotatable bonds is 6. The molecule has 12 nitrogen and oxygen atoms in total. The summed E-state index contributed by atoms with van der Waals surface area (Å²) in [5, 5.41) is 13.8. The monoisotopic (exact) mass is 433 g/mol. The predicted octanol–water partition coefficient (Wildman–Crippen LogP) is -0.509. The highest BCUT2D eigenvalue weighted by Crippen LogP contribution is 2.61. The van der Waals surface area contributed by atoms with Crippen molar-refractivity contribution < 1.29 is 33.3 Å². The van der Waals surface area contributed by atoms with E-state index in [-0.39, 0.29) is 19.0 Å². The van der Waals surface area contributed by atoms with E-state index in [4.69, 9.17) is 24.3 Å². The van der Waals surface area contributed by atoms with Gasteiger partial charge in [-0.1, -0.05) is 6.92 Å². The molecule has 2 fully saturated rings. The third-order valence-corrected chi connectivity index (χ3v) is 6.44. The largest absolute Gasteiger partial charge is 0.500 e. The van der Waals surface area contributed by atoms with E-state index < -0.39 is 49.8 Å². The van der Waals surface area contributed by atoms with E-state index in [0.717, 1.165) is 4.57 Å². The van der Waals surface area contributed by atoms with Crippen molar-refractivity contribution in [3.05, 3.63) is 22.7 Å². The second kappa shape index (κ2) is 8.23. The van der Waals surface area contributed by atoms with E-state index in [1.54, 1.807) is 13.8 Å². The van der Waals surface area contributed by atoms with Crippen molar-refractivity contribution in [1.29, 1.82) is 0 Å². The molecule has 0 saturated carbocycles. The number of nitrogens with zero attached hydrogens (tertiary/aromatic N) is 2. The van der Waals surface area contributed by atoms with E-state index in [2.05, 4.69) is 10.1 Å². The van der Waals surface area contributed by atoms with Crippen LogP contribution in [-0.4, -0.2) is 62.6 Å². The van der Waals surface area contributed by atoms with Gasteiger partial charge in [-0.15, -0.1) is 5.09 Å². The number of aliphatic hydroxyl groups is 1. The second-order valence-electron chi connectivity index (χ2n) is 6.98. The molecule has 13 heteroatoms. The Kier molecular flexibility index (Phi) is 6.25. The molecule has 1 aromatic heterocycles. The molecular formula is C16H26N4O8P+. The molecule has 162 valence electrons. The number of nitrogens with one attached hydrogen (secondary N) is 1. The van der Waals surface area contributed by atoms with E-state index >= 15 is 0 Å². The number of hydrogen-bond donors (Lipinski definition) is 4. The van der Waals surface area contributed by atoms with Crippen molar-refractivity contribution in [1.82, 2.24) is 14.6 Å². The van der Waals surface area contributed by atoms with E-state index in [1.807, 2.05) is 0 Å². The molecule has 6 atom stereocenters. The third kappa shape index (κ3) is 4.29. The van der Waals surface area contributed by atoms with Crippen LogP contribution in [0.5, 0.6) is 0 Å². The van der Waals surface area contributed by atoms with E-state index in [9.17, 15) is 19.6 Å². The van der Waals surface area contributed by atoms with Gasteiger partial charge in [-0.05, 0) is 26.3 Å². The van der Waals surface area contributed by atoms with Gasteiger partial charge in [0.1, 0.15) is 30.2 Å². The third-order valence-electron chi connectivity index (χ3n) is 4.79. The summed E-state index contributed by atoms with van der Waals surface area (Å²) in [7, 11) is -3.72. The van der Waals surface area contributed by atoms with Crippen molar-refractivity contribution in [3.8, 4) is 0 Å². The Morgan fingerprint density at radius 2 is 2.31 bits per heavy atom. The lowest BCUT2D eigenvalue weighted by atomic mass is 9.96. The highest BCUT2D eigenvalue weighted by atomic mass is 31.2. The first kappa shape index (κ1) is 22.0. The highest BCUT2D eigenvalue weighted by molar-refractivity contribution is 7.58. The standard InChI is InChI=1S/C16H25N4O8P/c1-4-9(13(21)25-5-2)19-29(24)26-8-10-12(28-29)16(3,23)14(27-10)20-7-6-11(17)18-15(20)22/h6-7,9-10,12,14,19,23-24H,4-5,8H2,1-3H3,(H-,17,18,22)/p+1/t9-,10+,12+,14+,16+,29?/m0/s1. The van der Waals surface area contributed by atoms with Crippen LogP contribution in [0.4, 0.5) is 5.82 Å². The Balaban J connectivity index is 1.80. The van der Waals surface area contributed by atoms with Gasteiger partial charge in [-0.3, -0.25) is 9.36 Å². The molecule has 1 aromatic rings. The van der Waals surface area contributed by atoms with E-state index in [1.165, 1.54) is 19.2 Å². The molecule has 0 radical (unpaired) electrons. The van der Waals surface area contributed by atoms with Crippen LogP contribution in [0.3, 0.4) is 0 Å². The van der Waals surface area contributed by atoms with Crippen LogP contribution in [-0.2, 0) is 23.3 Å². The molecule has 0 spiro atoms. The lowest BCUT2D eigenvalue weighted by Crippen LogP contribution is -2.51. The first-order valence-corrected chi connectivity index (χ1v) is 10.8. The molecular weight excluding hydrogens is 407 g/mol. The molecule has 29 heavy (non-hydrogen) atoms. The smallest absolute Gasteiger partial charge is 0.465 e. The summed E-state index contributed by atoms with van der Waals surface area (Å²) in [6.45, 7) is 4.90. The SMILES string of the molecule is CCOC(=O)[C@H](CC)N[P+]1(O)OC[C@H]2O[C@@H](n3ccc(N)nc3=O)[C@](C)(O)[C@@H]2O1. The molecule has 0 bridgehead atoms. The minimum Gasteiger partial charge on any atom is -0.465 e. The van der Waals surface area contributed by atoms with Gasteiger partial charge in [-0.2, -0.15) is 18.9 Å². The zero-order valence-electron chi connectivity index (χ0n) is 16.3. The van der Waals surface area contributed by atoms with Crippen molar-refractivity contribution in [2.75, 3.05) is 18.9 Å². The van der Waals surface area contributed by atoms with Gasteiger partial charge in [0.15, 0.2) is 12.3 Å². The first-order valence-electron chi connectivity index (χ1n) is 9.23. The molecule has 0 amide bonds. The fourth-order valence-electron chi connectivity index (χ4n) is 3.32. The lowest BCUT2D eigenvalue weighted by molar-refractivity contribution is -0.145. The fourth-order valence-corrected chi connectivity index (χ4v) is 5.21. The van der Waals surface area contributed by atoms with Crippen molar-refractivity contribution in [2.45, 2.75) is 57.3 Å². The number of carbonyl (C=O) groups excluding carboxylic acids is 1. The Morgan fingerprint density at radius 3 is 2.93 bits per heavy atom. The Bertz CT molecular complexity index is 820. The normalized spacial score (nSPS) is 35.1. The molecule has 0 aromatic carbocycles. The molecule has 3 rings (SSSR count). The summed E-state index contributed by atoms with van der Waals surface area (Å²) in [5.74, 6) is -0.514. The Hall–Kier alpha value is -1.66. The van der Waals surface area contributed by atoms with Crippen LogP contribution in [0.15, 0.2) is 17.1 Å². The molecule has 2 aliphatic heterocycles. The summed E-state index contributed by atoms with van der Waals surface area (Å²) in [6.07, 6.45) is -1.25. The molecule has 5 N–H and O–H groups in total. The number of ether oxygens (including phenoxy) is 2. The number of hydrogen-bond acceptors (Lipinski definition) is 11. The van der Waals surface area contributed by atoms with Crippen molar-refractivity contribution >= 4 is 19.9 Å². The van der Waals surface area contributed by atoms with E-state index in [0.29, 0.717) is 6.42 Å². The molecule has 0 aliphatic carbocycles. The number of nitrogens with two attached hydrogens (primary N) is 1. The van der Waals surface area contributed by atoms with Gasteiger partial charge >= 0.3 is 19.8 Å². The molecule has 1 unspecified atom stereocenters. The summed E-state index contributed by atoms with van der Waals surface area (Å²) < 4.78 is 22.9. The van der Waals surface area contributed by atoms with Crippen LogP contribution in [0.25, 0.3) is 0 Å². The van der Waals surface area contributed by atoms with Crippen LogP contribution < -0.4 is 16.5 Å².